The van der Waals surface area contributed by atoms with Crippen molar-refractivity contribution in [2.24, 2.45) is 0 Å². The van der Waals surface area contributed by atoms with Crippen LogP contribution in [0.3, 0.4) is 0 Å². The Bertz CT molecular complexity index is 936. The van der Waals surface area contributed by atoms with Gasteiger partial charge in [-0.15, -0.1) is 0 Å². The lowest BCUT2D eigenvalue weighted by Crippen LogP contribution is -2.35. The van der Waals surface area contributed by atoms with Crippen molar-refractivity contribution < 1.29 is 29.0 Å². The second-order valence-electron chi connectivity index (χ2n) is 6.97. The normalized spacial score (nSPS) is 10.9. The summed E-state index contributed by atoms with van der Waals surface area (Å²) in [6.07, 6.45) is 3.56. The van der Waals surface area contributed by atoms with Crippen LogP contribution in [-0.2, 0) is 9.59 Å². The minimum atomic E-state index is -0.833. The Hall–Kier alpha value is -3.81. The fraction of sp³-hybridized carbons (Fsp3) is 0.292. The Morgan fingerprint density at radius 3 is 2.03 bits per heavy atom. The molecule has 0 spiro atoms. The van der Waals surface area contributed by atoms with E-state index in [1.165, 1.54) is 7.11 Å². The van der Waals surface area contributed by atoms with Gasteiger partial charge in [0.25, 0.3) is 11.8 Å². The van der Waals surface area contributed by atoms with Crippen molar-refractivity contribution in [3.8, 4) is 11.5 Å². The summed E-state index contributed by atoms with van der Waals surface area (Å²) in [5.41, 5.74) is 1.20. The van der Waals surface area contributed by atoms with Gasteiger partial charge in [-0.1, -0.05) is 18.6 Å². The fourth-order valence-corrected chi connectivity index (χ4v) is 2.84. The van der Waals surface area contributed by atoms with Crippen LogP contribution in [0.2, 0.25) is 0 Å². The van der Waals surface area contributed by atoms with E-state index in [1.807, 2.05) is 0 Å². The largest absolute Gasteiger partial charge is 0.497 e. The molecule has 0 aromatic heterocycles. The molecule has 0 radical (unpaired) electrons. The predicted octanol–water partition coefficient (Wildman–Crippen LogP) is 3.24. The van der Waals surface area contributed by atoms with Crippen LogP contribution >= 0.6 is 0 Å². The van der Waals surface area contributed by atoms with E-state index < -0.39 is 17.8 Å². The van der Waals surface area contributed by atoms with Crippen LogP contribution in [0.5, 0.6) is 11.5 Å². The Labute approximate surface area is 187 Å². The van der Waals surface area contributed by atoms with Crippen LogP contribution < -0.4 is 20.1 Å². The molecule has 0 aliphatic heterocycles. The first kappa shape index (κ1) is 24.5. The molecule has 8 nitrogen and oxygen atoms in total. The second kappa shape index (κ2) is 12.8. The van der Waals surface area contributed by atoms with Gasteiger partial charge in [-0.05, 0) is 60.9 Å². The Morgan fingerprint density at radius 2 is 1.47 bits per heavy atom. The average molecular weight is 440 g/mol. The van der Waals surface area contributed by atoms with Crippen LogP contribution in [-0.4, -0.2) is 43.7 Å². The number of carbonyl (C=O) groups is 3. The Kier molecular flexibility index (Phi) is 9.77. The van der Waals surface area contributed by atoms with Crippen LogP contribution in [0.4, 0.5) is 0 Å². The molecule has 0 fully saturated rings. The minimum Gasteiger partial charge on any atom is -0.497 e. The Morgan fingerprint density at radius 1 is 0.875 bits per heavy atom. The van der Waals surface area contributed by atoms with Gasteiger partial charge in [0.15, 0.2) is 0 Å². The molecule has 32 heavy (non-hydrogen) atoms. The van der Waals surface area contributed by atoms with E-state index in [-0.39, 0.29) is 12.1 Å². The summed E-state index contributed by atoms with van der Waals surface area (Å²) in [6, 6.07) is 13.6. The van der Waals surface area contributed by atoms with Gasteiger partial charge in [-0.25, -0.2) is 0 Å². The van der Waals surface area contributed by atoms with Crippen LogP contribution in [0.15, 0.2) is 54.2 Å². The first-order valence-corrected chi connectivity index (χ1v) is 10.2. The highest BCUT2D eigenvalue weighted by molar-refractivity contribution is 6.05. The number of benzene rings is 2. The molecule has 2 aromatic rings. The van der Waals surface area contributed by atoms with Gasteiger partial charge in [0.2, 0.25) is 0 Å². The maximum Gasteiger partial charge on any atom is 0.303 e. The van der Waals surface area contributed by atoms with Crippen molar-refractivity contribution in [1.29, 1.82) is 0 Å². The first-order valence-electron chi connectivity index (χ1n) is 10.2. The number of methoxy groups -OCH3 is 2. The minimum absolute atomic E-state index is 0.0986. The van der Waals surface area contributed by atoms with Gasteiger partial charge >= 0.3 is 5.97 Å². The van der Waals surface area contributed by atoms with Gasteiger partial charge < -0.3 is 25.2 Å². The van der Waals surface area contributed by atoms with Crippen molar-refractivity contribution in [1.82, 2.24) is 10.6 Å². The predicted molar refractivity (Wildman–Crippen MR) is 121 cm³/mol. The number of hydrogen-bond donors (Lipinski definition) is 3. The number of carboxylic acid groups (broad SMARTS) is 1. The molecule has 0 aliphatic carbocycles. The molecular formula is C24H28N2O6. The van der Waals surface area contributed by atoms with Gasteiger partial charge in [0.1, 0.15) is 17.2 Å². The quantitative estimate of drug-likeness (QED) is 0.345. The molecule has 0 atom stereocenters. The highest BCUT2D eigenvalue weighted by atomic mass is 16.5. The van der Waals surface area contributed by atoms with E-state index in [4.69, 9.17) is 14.6 Å². The molecule has 0 saturated carbocycles. The van der Waals surface area contributed by atoms with Gasteiger partial charge in [-0.3, -0.25) is 14.4 Å². The smallest absolute Gasteiger partial charge is 0.303 e. The van der Waals surface area contributed by atoms with E-state index in [0.29, 0.717) is 48.4 Å². The number of ether oxygens (including phenoxy) is 2. The molecule has 0 bridgehead atoms. The highest BCUT2D eigenvalue weighted by Gasteiger charge is 2.15. The molecule has 2 rings (SSSR count). The summed E-state index contributed by atoms with van der Waals surface area (Å²) < 4.78 is 10.2. The number of aliphatic carboxylic acids is 1. The highest BCUT2D eigenvalue weighted by Crippen LogP contribution is 2.15. The first-order chi connectivity index (χ1) is 15.4. The van der Waals surface area contributed by atoms with Crippen molar-refractivity contribution in [3.63, 3.8) is 0 Å². The van der Waals surface area contributed by atoms with E-state index in [0.717, 1.165) is 0 Å². The third-order valence-corrected chi connectivity index (χ3v) is 4.62. The number of amides is 2. The SMILES string of the molecule is COc1ccc(/C=C(\NC(=O)c2ccc(OC)cc2)C(=O)NCCCCCC(=O)O)cc1. The zero-order chi connectivity index (χ0) is 23.3. The summed E-state index contributed by atoms with van der Waals surface area (Å²) in [4.78, 5) is 36.0. The van der Waals surface area contributed by atoms with Gasteiger partial charge in [0, 0.05) is 18.5 Å². The van der Waals surface area contributed by atoms with Crippen LogP contribution in [0, 0.1) is 0 Å². The zero-order valence-corrected chi connectivity index (χ0v) is 18.2. The number of nitrogens with one attached hydrogen (secondary N) is 2. The topological polar surface area (TPSA) is 114 Å². The number of rotatable bonds is 12. The number of unbranched alkanes of at least 4 members (excludes halogenated alkanes) is 2. The monoisotopic (exact) mass is 440 g/mol. The van der Waals surface area contributed by atoms with E-state index in [2.05, 4.69) is 10.6 Å². The second-order valence-corrected chi connectivity index (χ2v) is 6.97. The number of hydrogen-bond acceptors (Lipinski definition) is 5. The number of carboxylic acids is 1. The summed E-state index contributed by atoms with van der Waals surface area (Å²) in [7, 11) is 3.10. The summed E-state index contributed by atoms with van der Waals surface area (Å²) >= 11 is 0. The molecule has 8 heteroatoms. The summed E-state index contributed by atoms with van der Waals surface area (Å²) in [5, 5.41) is 14.1. The maximum atomic E-state index is 12.7. The summed E-state index contributed by atoms with van der Waals surface area (Å²) in [5.74, 6) is -0.391. The average Bonchev–Trinajstić information content (AvgIpc) is 2.81. The van der Waals surface area contributed by atoms with E-state index in [9.17, 15) is 14.4 Å². The molecule has 0 aliphatic rings. The van der Waals surface area contributed by atoms with Crippen LogP contribution in [0.25, 0.3) is 6.08 Å². The van der Waals surface area contributed by atoms with Crippen molar-refractivity contribution in [3.05, 3.63) is 65.4 Å². The van der Waals surface area contributed by atoms with E-state index in [1.54, 1.807) is 61.7 Å². The molecule has 0 heterocycles. The third kappa shape index (κ3) is 8.14. The molecule has 0 unspecified atom stereocenters. The number of carbonyl (C=O) groups excluding carboxylic acids is 2. The molecule has 3 N–H and O–H groups in total. The van der Waals surface area contributed by atoms with Gasteiger partial charge in [-0.2, -0.15) is 0 Å². The molecule has 2 amide bonds. The van der Waals surface area contributed by atoms with Crippen molar-refractivity contribution in [2.45, 2.75) is 25.7 Å². The molecular weight excluding hydrogens is 412 g/mol. The molecule has 170 valence electrons. The van der Waals surface area contributed by atoms with Crippen molar-refractivity contribution in [2.75, 3.05) is 20.8 Å². The van der Waals surface area contributed by atoms with Crippen LogP contribution in [0.1, 0.15) is 41.6 Å². The molecule has 2 aromatic carbocycles. The van der Waals surface area contributed by atoms with Gasteiger partial charge in [0.05, 0.1) is 14.2 Å². The van der Waals surface area contributed by atoms with Crippen molar-refractivity contribution >= 4 is 23.9 Å². The third-order valence-electron chi connectivity index (χ3n) is 4.62. The fourth-order valence-electron chi connectivity index (χ4n) is 2.84. The lowest BCUT2D eigenvalue weighted by atomic mass is 10.1. The standard InChI is InChI=1S/C24H28N2O6/c1-31-19-11-7-17(8-12-19)16-21(24(30)25-15-5-3-4-6-22(27)28)26-23(29)18-9-13-20(32-2)14-10-18/h7-14,16H,3-6,15H2,1-2H3,(H,25,30)(H,26,29)(H,27,28)/b21-16-. The van der Waals surface area contributed by atoms with E-state index >= 15 is 0 Å². The summed E-state index contributed by atoms with van der Waals surface area (Å²) in [6.45, 7) is 0.372. The zero-order valence-electron chi connectivity index (χ0n) is 18.2. The maximum absolute atomic E-state index is 12.7. The lowest BCUT2D eigenvalue weighted by Gasteiger charge is -2.12. The Balaban J connectivity index is 2.08. The lowest BCUT2D eigenvalue weighted by molar-refractivity contribution is -0.137. The molecule has 0 saturated heterocycles.